The molecule has 0 saturated carbocycles. The molecule has 5 nitrogen and oxygen atoms in total. The van der Waals surface area contributed by atoms with Crippen LogP contribution in [0.2, 0.25) is 5.02 Å². The zero-order chi connectivity index (χ0) is 26.5. The second kappa shape index (κ2) is 15.0. The summed E-state index contributed by atoms with van der Waals surface area (Å²) in [5.74, 6) is -0.206. The van der Waals surface area contributed by atoms with Crippen LogP contribution < -0.4 is 10.1 Å². The number of benzene rings is 3. The maximum atomic E-state index is 14.6. The quantitative estimate of drug-likeness (QED) is 0.256. The number of unbranched alkanes of at least 4 members (excludes halogenated alkanes) is 1. The summed E-state index contributed by atoms with van der Waals surface area (Å²) in [5, 5.41) is 3.59. The monoisotopic (exact) mass is 524 g/mol. The van der Waals surface area contributed by atoms with Crippen molar-refractivity contribution in [3.05, 3.63) is 101 Å². The number of halogens is 2. The molecule has 3 aromatic carbocycles. The van der Waals surface area contributed by atoms with E-state index in [1.807, 2.05) is 37.3 Å². The van der Waals surface area contributed by atoms with E-state index < -0.39 is 11.9 Å². The van der Waals surface area contributed by atoms with Gasteiger partial charge in [-0.2, -0.15) is 0 Å². The molecular weight excluding hydrogens is 491 g/mol. The van der Waals surface area contributed by atoms with Crippen LogP contribution in [0.15, 0.2) is 78.9 Å². The maximum absolute atomic E-state index is 14.6. The van der Waals surface area contributed by atoms with Crippen molar-refractivity contribution in [1.82, 2.24) is 10.2 Å². The van der Waals surface area contributed by atoms with E-state index in [9.17, 15) is 14.0 Å². The Kier molecular flexibility index (Phi) is 11.4. The molecule has 0 heterocycles. The molecule has 7 heteroatoms. The Morgan fingerprint density at radius 3 is 2.38 bits per heavy atom. The third-order valence-corrected chi connectivity index (χ3v) is 6.27. The van der Waals surface area contributed by atoms with E-state index in [0.29, 0.717) is 42.3 Å². The summed E-state index contributed by atoms with van der Waals surface area (Å²) in [4.78, 5) is 28.4. The molecule has 1 atom stereocenters. The Hall–Kier alpha value is -3.38. The zero-order valence-corrected chi connectivity index (χ0v) is 21.9. The predicted molar refractivity (Wildman–Crippen MR) is 145 cm³/mol. The predicted octanol–water partition coefficient (Wildman–Crippen LogP) is 6.19. The van der Waals surface area contributed by atoms with Gasteiger partial charge in [-0.15, -0.1) is 0 Å². The number of rotatable bonds is 14. The van der Waals surface area contributed by atoms with E-state index in [0.717, 1.165) is 18.4 Å². The van der Waals surface area contributed by atoms with Gasteiger partial charge in [0.05, 0.1) is 6.61 Å². The number of nitrogens with one attached hydrogen (secondary N) is 1. The van der Waals surface area contributed by atoms with Gasteiger partial charge in [0.15, 0.2) is 0 Å². The van der Waals surface area contributed by atoms with E-state index in [1.165, 1.54) is 11.0 Å². The Labute approximate surface area is 223 Å². The molecule has 0 aliphatic carbocycles. The van der Waals surface area contributed by atoms with Gasteiger partial charge in [0.25, 0.3) is 0 Å². The number of carbonyl (C=O) groups is 2. The van der Waals surface area contributed by atoms with Crippen molar-refractivity contribution >= 4 is 23.4 Å². The van der Waals surface area contributed by atoms with Crippen LogP contribution >= 0.6 is 11.6 Å². The molecule has 0 bridgehead atoms. The normalized spacial score (nSPS) is 11.5. The highest BCUT2D eigenvalue weighted by Gasteiger charge is 2.30. The minimum atomic E-state index is -0.774. The average Bonchev–Trinajstić information content (AvgIpc) is 2.91. The van der Waals surface area contributed by atoms with Gasteiger partial charge in [0.2, 0.25) is 11.8 Å². The van der Waals surface area contributed by atoms with Gasteiger partial charge in [0, 0.05) is 36.5 Å². The summed E-state index contributed by atoms with van der Waals surface area (Å²) in [6.07, 6.45) is 2.72. The Bertz CT molecular complexity index is 1130. The first-order valence-corrected chi connectivity index (χ1v) is 13.1. The summed E-state index contributed by atoms with van der Waals surface area (Å²) in [6.45, 7) is 2.90. The number of amides is 2. The van der Waals surface area contributed by atoms with E-state index in [1.54, 1.807) is 42.5 Å². The lowest BCUT2D eigenvalue weighted by atomic mass is 10.0. The molecular formula is C30H34ClFN2O3. The molecule has 0 unspecified atom stereocenters. The molecule has 1 N–H and O–H groups in total. The summed E-state index contributed by atoms with van der Waals surface area (Å²) < 4.78 is 20.3. The van der Waals surface area contributed by atoms with Crippen LogP contribution in [0.5, 0.6) is 5.75 Å². The lowest BCUT2D eigenvalue weighted by Gasteiger charge is -2.32. The molecule has 0 radical (unpaired) electrons. The topological polar surface area (TPSA) is 58.6 Å². The van der Waals surface area contributed by atoms with Crippen molar-refractivity contribution in [2.75, 3.05) is 13.2 Å². The fourth-order valence-electron chi connectivity index (χ4n) is 3.96. The largest absolute Gasteiger partial charge is 0.494 e. The van der Waals surface area contributed by atoms with Gasteiger partial charge >= 0.3 is 0 Å². The van der Waals surface area contributed by atoms with Crippen LogP contribution in [0.3, 0.4) is 0 Å². The fourth-order valence-corrected chi connectivity index (χ4v) is 4.08. The van der Waals surface area contributed by atoms with Crippen LogP contribution in [0.1, 0.15) is 43.7 Å². The standard InChI is InChI=1S/C30H34ClFN2O3/c1-2-3-19-33-30(36)28(21-23-10-5-4-6-11-23)34(22-24-12-7-8-13-27(24)32)29(35)14-9-20-37-26-17-15-25(31)16-18-26/h4-8,10-13,15-18,28H,2-3,9,14,19-22H2,1H3,(H,33,36)/t28-/m0/s1. The van der Waals surface area contributed by atoms with Crippen LogP contribution in [0.4, 0.5) is 4.39 Å². The van der Waals surface area contributed by atoms with Crippen LogP contribution in [-0.4, -0.2) is 35.9 Å². The first-order chi connectivity index (χ1) is 18.0. The second-order valence-corrected chi connectivity index (χ2v) is 9.31. The molecule has 0 spiro atoms. The maximum Gasteiger partial charge on any atom is 0.243 e. The number of nitrogens with zero attached hydrogens (tertiary/aromatic N) is 1. The van der Waals surface area contributed by atoms with Crippen LogP contribution in [-0.2, 0) is 22.6 Å². The van der Waals surface area contributed by atoms with Gasteiger partial charge in [0.1, 0.15) is 17.6 Å². The van der Waals surface area contributed by atoms with Crippen molar-refractivity contribution in [1.29, 1.82) is 0 Å². The van der Waals surface area contributed by atoms with Crippen LogP contribution in [0.25, 0.3) is 0 Å². The molecule has 2 amide bonds. The Morgan fingerprint density at radius 1 is 0.973 bits per heavy atom. The zero-order valence-electron chi connectivity index (χ0n) is 21.2. The summed E-state index contributed by atoms with van der Waals surface area (Å²) in [5.41, 5.74) is 1.29. The molecule has 0 aliphatic rings. The van der Waals surface area contributed by atoms with Crippen molar-refractivity contribution in [3.8, 4) is 5.75 Å². The van der Waals surface area contributed by atoms with E-state index >= 15 is 0 Å². The van der Waals surface area contributed by atoms with Crippen molar-refractivity contribution in [3.63, 3.8) is 0 Å². The van der Waals surface area contributed by atoms with Gasteiger partial charge in [-0.3, -0.25) is 9.59 Å². The third kappa shape index (κ3) is 9.21. The van der Waals surface area contributed by atoms with Gasteiger partial charge in [-0.1, -0.05) is 73.5 Å². The highest BCUT2D eigenvalue weighted by Crippen LogP contribution is 2.19. The molecule has 0 fully saturated rings. The van der Waals surface area contributed by atoms with Crippen molar-refractivity contribution < 1.29 is 18.7 Å². The number of carbonyl (C=O) groups excluding carboxylic acids is 2. The van der Waals surface area contributed by atoms with E-state index in [4.69, 9.17) is 16.3 Å². The van der Waals surface area contributed by atoms with E-state index in [2.05, 4.69) is 5.32 Å². The minimum absolute atomic E-state index is 0.00223. The molecule has 0 aliphatic heterocycles. The smallest absolute Gasteiger partial charge is 0.243 e. The SMILES string of the molecule is CCCCNC(=O)[C@H](Cc1ccccc1)N(Cc1ccccc1F)C(=O)CCCOc1ccc(Cl)cc1. The second-order valence-electron chi connectivity index (χ2n) is 8.87. The molecule has 0 aromatic heterocycles. The highest BCUT2D eigenvalue weighted by molar-refractivity contribution is 6.30. The molecule has 3 rings (SSSR count). The summed E-state index contributed by atoms with van der Waals surface area (Å²) in [6, 6.07) is 22.2. The molecule has 37 heavy (non-hydrogen) atoms. The minimum Gasteiger partial charge on any atom is -0.494 e. The van der Waals surface area contributed by atoms with Gasteiger partial charge in [-0.05, 0) is 48.7 Å². The number of hydrogen-bond acceptors (Lipinski definition) is 3. The lowest BCUT2D eigenvalue weighted by molar-refractivity contribution is -0.141. The van der Waals surface area contributed by atoms with Crippen molar-refractivity contribution in [2.45, 2.75) is 51.6 Å². The van der Waals surface area contributed by atoms with Crippen LogP contribution in [0, 0.1) is 5.82 Å². The average molecular weight is 525 g/mol. The third-order valence-electron chi connectivity index (χ3n) is 6.02. The summed E-state index contributed by atoms with van der Waals surface area (Å²) in [7, 11) is 0. The lowest BCUT2D eigenvalue weighted by Crippen LogP contribution is -2.50. The number of ether oxygens (including phenoxy) is 1. The first-order valence-electron chi connectivity index (χ1n) is 12.7. The van der Waals surface area contributed by atoms with E-state index in [-0.39, 0.29) is 24.8 Å². The molecule has 3 aromatic rings. The van der Waals surface area contributed by atoms with Gasteiger partial charge < -0.3 is 15.0 Å². The Morgan fingerprint density at radius 2 is 1.68 bits per heavy atom. The Balaban J connectivity index is 1.78. The molecule has 196 valence electrons. The van der Waals surface area contributed by atoms with Gasteiger partial charge in [-0.25, -0.2) is 4.39 Å². The first kappa shape index (κ1) is 28.2. The molecule has 0 saturated heterocycles. The number of hydrogen-bond donors (Lipinski definition) is 1. The van der Waals surface area contributed by atoms with Crippen molar-refractivity contribution in [2.24, 2.45) is 0 Å². The fraction of sp³-hybridized carbons (Fsp3) is 0.333. The highest BCUT2D eigenvalue weighted by atomic mass is 35.5. The summed E-state index contributed by atoms with van der Waals surface area (Å²) >= 11 is 5.91.